The number of ether oxygens (including phenoxy) is 2. The van der Waals surface area contributed by atoms with Gasteiger partial charge in [0.25, 0.3) is 0 Å². The number of hydrogen-bond donors (Lipinski definition) is 1. The summed E-state index contributed by atoms with van der Waals surface area (Å²) >= 11 is 0. The number of carbonyl (C=O) groups excluding carboxylic acids is 2. The molecule has 1 N–H and O–H groups in total. The van der Waals surface area contributed by atoms with Gasteiger partial charge in [-0.05, 0) is 68.6 Å². The fraction of sp³-hybridized carbons (Fsp3) is 0.433. The van der Waals surface area contributed by atoms with Gasteiger partial charge in [-0.1, -0.05) is 42.8 Å². The van der Waals surface area contributed by atoms with Crippen LogP contribution in [-0.4, -0.2) is 60.2 Å². The molecule has 0 spiro atoms. The standard InChI is InChI=1S/C30H35F2N3O5/c1-39-27(36)26-25(20-21-11-12-23(31)24(32)19-21)35(29(38)33-26)16-8-4-7-15-34-17-13-30(14-18-34,28(37)40-2)22-9-5-3-6-10-22/h3,5-6,9-12,19H,4,7-8,13-18,20H2,1-2H3,(H,33,38). The molecule has 8 nitrogen and oxygen atoms in total. The van der Waals surface area contributed by atoms with Gasteiger partial charge in [0.05, 0.1) is 25.3 Å². The fourth-order valence-electron chi connectivity index (χ4n) is 5.54. The highest BCUT2D eigenvalue weighted by atomic mass is 19.2. The van der Waals surface area contributed by atoms with E-state index in [0.717, 1.165) is 50.2 Å². The highest BCUT2D eigenvalue weighted by Crippen LogP contribution is 2.36. The molecular formula is C30H35F2N3O5. The van der Waals surface area contributed by atoms with Gasteiger partial charge in [0.2, 0.25) is 0 Å². The van der Waals surface area contributed by atoms with Gasteiger partial charge in [0.1, 0.15) is 5.69 Å². The quantitative estimate of drug-likeness (QED) is 0.282. The molecule has 0 radical (unpaired) electrons. The first-order valence-corrected chi connectivity index (χ1v) is 13.5. The molecule has 10 heteroatoms. The third-order valence-corrected chi connectivity index (χ3v) is 7.80. The largest absolute Gasteiger partial charge is 0.468 e. The Hall–Kier alpha value is -3.79. The Bertz CT molecular complexity index is 1380. The van der Waals surface area contributed by atoms with Gasteiger partial charge in [-0.2, -0.15) is 0 Å². The zero-order chi connectivity index (χ0) is 28.7. The van der Waals surface area contributed by atoms with E-state index in [1.165, 1.54) is 24.9 Å². The number of methoxy groups -OCH3 is 2. The van der Waals surface area contributed by atoms with Crippen LogP contribution >= 0.6 is 0 Å². The Morgan fingerprint density at radius 2 is 1.62 bits per heavy atom. The van der Waals surface area contributed by atoms with Crippen molar-refractivity contribution in [2.45, 2.75) is 50.5 Å². The van der Waals surface area contributed by atoms with Gasteiger partial charge in [-0.15, -0.1) is 0 Å². The Morgan fingerprint density at radius 1 is 0.925 bits per heavy atom. The second-order valence-corrected chi connectivity index (χ2v) is 10.2. The first kappa shape index (κ1) is 29.2. The van der Waals surface area contributed by atoms with Crippen LogP contribution in [0.15, 0.2) is 53.3 Å². The number of unbranched alkanes of at least 4 members (excludes halogenated alkanes) is 2. The van der Waals surface area contributed by atoms with E-state index in [0.29, 0.717) is 37.1 Å². The minimum atomic E-state index is -0.994. The zero-order valence-corrected chi connectivity index (χ0v) is 22.9. The van der Waals surface area contributed by atoms with Crippen LogP contribution in [0.25, 0.3) is 0 Å². The molecule has 4 rings (SSSR count). The third-order valence-electron chi connectivity index (χ3n) is 7.80. The lowest BCUT2D eigenvalue weighted by Crippen LogP contribution is -2.48. The van der Waals surface area contributed by atoms with Gasteiger partial charge in [0.15, 0.2) is 11.6 Å². The van der Waals surface area contributed by atoms with Gasteiger partial charge in [-0.3, -0.25) is 14.3 Å². The summed E-state index contributed by atoms with van der Waals surface area (Å²) in [7, 11) is 2.65. The average Bonchev–Trinajstić information content (AvgIpc) is 3.29. The van der Waals surface area contributed by atoms with Crippen LogP contribution < -0.4 is 5.69 Å². The normalized spacial score (nSPS) is 15.1. The molecule has 1 aromatic heterocycles. The van der Waals surface area contributed by atoms with Crippen molar-refractivity contribution in [3.8, 4) is 0 Å². The summed E-state index contributed by atoms with van der Waals surface area (Å²) in [6.07, 6.45) is 3.87. The molecule has 1 aliphatic heterocycles. The van der Waals surface area contributed by atoms with Crippen molar-refractivity contribution >= 4 is 11.9 Å². The molecule has 1 fully saturated rings. The maximum absolute atomic E-state index is 13.8. The number of hydrogen-bond acceptors (Lipinski definition) is 6. The Kier molecular flexibility index (Phi) is 9.52. The van der Waals surface area contributed by atoms with Crippen molar-refractivity contribution in [2.75, 3.05) is 33.9 Å². The van der Waals surface area contributed by atoms with E-state index >= 15 is 0 Å². The smallest absolute Gasteiger partial charge is 0.356 e. The Balaban J connectivity index is 1.34. The number of imidazole rings is 1. The number of piperidine rings is 1. The molecule has 0 bridgehead atoms. The Labute approximate surface area is 231 Å². The molecular weight excluding hydrogens is 520 g/mol. The number of nitrogens with zero attached hydrogens (tertiary/aromatic N) is 2. The number of likely N-dealkylation sites (tertiary alicyclic amines) is 1. The topological polar surface area (TPSA) is 93.6 Å². The maximum Gasteiger partial charge on any atom is 0.356 e. The summed E-state index contributed by atoms with van der Waals surface area (Å²) in [4.78, 5) is 42.6. The second-order valence-electron chi connectivity index (χ2n) is 10.2. The lowest BCUT2D eigenvalue weighted by Gasteiger charge is -2.40. The van der Waals surface area contributed by atoms with E-state index in [-0.39, 0.29) is 18.1 Å². The molecule has 3 aromatic rings. The van der Waals surface area contributed by atoms with E-state index in [4.69, 9.17) is 9.47 Å². The van der Waals surface area contributed by atoms with Crippen molar-refractivity contribution in [2.24, 2.45) is 0 Å². The summed E-state index contributed by atoms with van der Waals surface area (Å²) in [5, 5.41) is 0. The van der Waals surface area contributed by atoms with Crippen molar-refractivity contribution in [1.29, 1.82) is 0 Å². The van der Waals surface area contributed by atoms with Crippen LogP contribution in [0.4, 0.5) is 8.78 Å². The van der Waals surface area contributed by atoms with Crippen LogP contribution in [-0.2, 0) is 32.6 Å². The predicted molar refractivity (Wildman–Crippen MR) is 145 cm³/mol. The van der Waals surface area contributed by atoms with Gasteiger partial charge >= 0.3 is 17.6 Å². The molecule has 0 amide bonds. The number of halogens is 2. The number of nitrogens with one attached hydrogen (secondary N) is 1. The van der Waals surface area contributed by atoms with Crippen LogP contribution in [0.1, 0.15) is 59.4 Å². The summed E-state index contributed by atoms with van der Waals surface area (Å²) < 4.78 is 38.6. The van der Waals surface area contributed by atoms with Gasteiger partial charge in [-0.25, -0.2) is 18.4 Å². The van der Waals surface area contributed by atoms with Crippen molar-refractivity contribution < 1.29 is 27.8 Å². The lowest BCUT2D eigenvalue weighted by molar-refractivity contribution is -0.149. The first-order valence-electron chi connectivity index (χ1n) is 13.5. The van der Waals surface area contributed by atoms with Crippen LogP contribution in [0.2, 0.25) is 0 Å². The fourth-order valence-corrected chi connectivity index (χ4v) is 5.54. The number of H-pyrrole nitrogens is 1. The van der Waals surface area contributed by atoms with Crippen molar-refractivity contribution in [3.63, 3.8) is 0 Å². The maximum atomic E-state index is 13.8. The summed E-state index contributed by atoms with van der Waals surface area (Å²) in [5.41, 5.74) is 0.735. The molecule has 0 aliphatic carbocycles. The van der Waals surface area contributed by atoms with E-state index in [2.05, 4.69) is 9.88 Å². The van der Waals surface area contributed by atoms with Crippen LogP contribution in [0, 0.1) is 11.6 Å². The molecule has 2 aromatic carbocycles. The molecule has 1 aliphatic rings. The molecule has 214 valence electrons. The molecule has 0 unspecified atom stereocenters. The number of esters is 2. The van der Waals surface area contributed by atoms with Crippen molar-refractivity contribution in [1.82, 2.24) is 14.5 Å². The van der Waals surface area contributed by atoms with Gasteiger partial charge < -0.3 is 14.4 Å². The summed E-state index contributed by atoms with van der Waals surface area (Å²) in [6, 6.07) is 13.3. The van der Waals surface area contributed by atoms with Crippen LogP contribution in [0.5, 0.6) is 0 Å². The first-order chi connectivity index (χ1) is 19.3. The second kappa shape index (κ2) is 13.0. The SMILES string of the molecule is COC(=O)c1[nH]c(=O)n(CCCCCN2CCC(C(=O)OC)(c3ccccc3)CC2)c1Cc1ccc(F)c(F)c1. The number of aromatic nitrogens is 2. The van der Waals surface area contributed by atoms with Gasteiger partial charge in [0, 0.05) is 13.0 Å². The lowest BCUT2D eigenvalue weighted by atomic mass is 9.72. The molecule has 40 heavy (non-hydrogen) atoms. The van der Waals surface area contributed by atoms with Crippen molar-refractivity contribution in [3.05, 3.63) is 93.2 Å². The van der Waals surface area contributed by atoms with E-state index in [1.54, 1.807) is 0 Å². The van der Waals surface area contributed by atoms with E-state index < -0.39 is 28.7 Å². The van der Waals surface area contributed by atoms with E-state index in [1.807, 2.05) is 30.3 Å². The highest BCUT2D eigenvalue weighted by molar-refractivity contribution is 5.88. The summed E-state index contributed by atoms with van der Waals surface area (Å²) in [6.45, 7) is 2.79. The predicted octanol–water partition coefficient (Wildman–Crippen LogP) is 4.21. The average molecular weight is 556 g/mol. The zero-order valence-electron chi connectivity index (χ0n) is 22.9. The minimum absolute atomic E-state index is 0.0121. The number of carbonyl (C=O) groups is 2. The summed E-state index contributed by atoms with van der Waals surface area (Å²) in [5.74, 6) is -2.85. The monoisotopic (exact) mass is 555 g/mol. The number of benzene rings is 2. The third kappa shape index (κ3) is 6.33. The van der Waals surface area contributed by atoms with Crippen LogP contribution in [0.3, 0.4) is 0 Å². The molecule has 1 saturated heterocycles. The minimum Gasteiger partial charge on any atom is -0.468 e. The highest BCUT2D eigenvalue weighted by Gasteiger charge is 2.43. The number of aromatic amines is 1. The Morgan fingerprint density at radius 3 is 2.27 bits per heavy atom. The number of rotatable bonds is 11. The molecule has 0 atom stereocenters. The molecule has 2 heterocycles. The van der Waals surface area contributed by atoms with E-state index in [9.17, 15) is 23.2 Å². The molecule has 0 saturated carbocycles.